The van der Waals surface area contributed by atoms with Crippen LogP contribution in [0.4, 0.5) is 0 Å². The molecule has 2 heterocycles. The first-order valence-electron chi connectivity index (χ1n) is 9.48. The Labute approximate surface area is 159 Å². The molecule has 2 aromatic rings. The number of benzene rings is 1. The van der Waals surface area contributed by atoms with E-state index in [0.29, 0.717) is 37.8 Å². The van der Waals surface area contributed by atoms with E-state index < -0.39 is 0 Å². The quantitative estimate of drug-likeness (QED) is 0.672. The molecule has 1 saturated heterocycles. The Balaban J connectivity index is 1.31. The first-order chi connectivity index (χ1) is 13.2. The molecular formula is C20H27N3O4. The summed E-state index contributed by atoms with van der Waals surface area (Å²) in [4.78, 5) is 18.6. The highest BCUT2D eigenvalue weighted by atomic mass is 16.5. The summed E-state index contributed by atoms with van der Waals surface area (Å²) in [5, 5.41) is 3.90. The Hall–Kier alpha value is -2.25. The van der Waals surface area contributed by atoms with Gasteiger partial charge < -0.3 is 18.9 Å². The van der Waals surface area contributed by atoms with Crippen molar-refractivity contribution in [3.8, 4) is 0 Å². The molecule has 1 aliphatic heterocycles. The fourth-order valence-corrected chi connectivity index (χ4v) is 3.22. The lowest BCUT2D eigenvalue weighted by Crippen LogP contribution is -2.41. The van der Waals surface area contributed by atoms with E-state index in [1.54, 1.807) is 7.11 Å². The van der Waals surface area contributed by atoms with Gasteiger partial charge in [0.15, 0.2) is 5.82 Å². The van der Waals surface area contributed by atoms with Crippen LogP contribution in [0.3, 0.4) is 0 Å². The summed E-state index contributed by atoms with van der Waals surface area (Å²) in [6.07, 6.45) is 3.91. The molecule has 7 nitrogen and oxygen atoms in total. The standard InChI is InChI=1S/C20H27N3O4/c1-25-15-19-21-18(22-27-19)11-14-26-17-9-12-23(13-10-17)20(24)8-7-16-5-3-2-4-6-16/h2-6,17H,7-15H2,1H3. The number of piperidine rings is 1. The minimum absolute atomic E-state index is 0.188. The summed E-state index contributed by atoms with van der Waals surface area (Å²) < 4.78 is 15.9. The summed E-state index contributed by atoms with van der Waals surface area (Å²) in [5.41, 5.74) is 1.21. The Kier molecular flexibility index (Phi) is 7.36. The minimum atomic E-state index is 0.188. The number of hydrogen-bond donors (Lipinski definition) is 0. The third-order valence-electron chi connectivity index (χ3n) is 4.72. The van der Waals surface area contributed by atoms with Gasteiger partial charge in [-0.2, -0.15) is 4.98 Å². The van der Waals surface area contributed by atoms with Crippen LogP contribution in [-0.4, -0.2) is 53.9 Å². The zero-order valence-corrected chi connectivity index (χ0v) is 15.8. The fraction of sp³-hybridized carbons (Fsp3) is 0.550. The number of rotatable bonds is 9. The molecule has 0 N–H and O–H groups in total. The van der Waals surface area contributed by atoms with Crippen molar-refractivity contribution in [2.45, 2.75) is 44.8 Å². The molecule has 27 heavy (non-hydrogen) atoms. The van der Waals surface area contributed by atoms with Crippen LogP contribution in [0.2, 0.25) is 0 Å². The summed E-state index contributed by atoms with van der Waals surface area (Å²) in [6.45, 7) is 2.40. The molecule has 1 aliphatic rings. The van der Waals surface area contributed by atoms with Crippen molar-refractivity contribution in [1.29, 1.82) is 0 Å². The van der Waals surface area contributed by atoms with Gasteiger partial charge in [-0.05, 0) is 24.8 Å². The number of aryl methyl sites for hydroxylation is 1. The van der Waals surface area contributed by atoms with Crippen LogP contribution in [0.15, 0.2) is 34.9 Å². The van der Waals surface area contributed by atoms with Gasteiger partial charge in [-0.15, -0.1) is 0 Å². The van der Waals surface area contributed by atoms with E-state index in [1.165, 1.54) is 5.56 Å². The van der Waals surface area contributed by atoms with Gasteiger partial charge in [-0.3, -0.25) is 4.79 Å². The number of likely N-dealkylation sites (tertiary alicyclic amines) is 1. The Morgan fingerprint density at radius 2 is 2.00 bits per heavy atom. The molecule has 0 radical (unpaired) electrons. The van der Waals surface area contributed by atoms with Crippen LogP contribution < -0.4 is 0 Å². The molecule has 1 aromatic carbocycles. The maximum absolute atomic E-state index is 12.4. The zero-order chi connectivity index (χ0) is 18.9. The molecule has 1 aromatic heterocycles. The number of carbonyl (C=O) groups is 1. The van der Waals surface area contributed by atoms with Crippen molar-refractivity contribution in [2.24, 2.45) is 0 Å². The van der Waals surface area contributed by atoms with Crippen molar-refractivity contribution in [3.63, 3.8) is 0 Å². The summed E-state index contributed by atoms with van der Waals surface area (Å²) in [6, 6.07) is 10.1. The van der Waals surface area contributed by atoms with E-state index in [4.69, 9.17) is 14.0 Å². The maximum atomic E-state index is 12.4. The number of hydrogen-bond acceptors (Lipinski definition) is 6. The predicted octanol–water partition coefficient (Wildman–Crippen LogP) is 2.40. The Morgan fingerprint density at radius 3 is 2.74 bits per heavy atom. The lowest BCUT2D eigenvalue weighted by atomic mass is 10.1. The van der Waals surface area contributed by atoms with Gasteiger partial charge in [0.05, 0.1) is 12.7 Å². The van der Waals surface area contributed by atoms with Crippen molar-refractivity contribution < 1.29 is 18.8 Å². The molecule has 146 valence electrons. The SMILES string of the molecule is COCc1nc(CCOC2CCN(C(=O)CCc3ccccc3)CC2)no1. The Morgan fingerprint density at radius 1 is 1.22 bits per heavy atom. The number of methoxy groups -OCH3 is 1. The average molecular weight is 373 g/mol. The molecule has 1 fully saturated rings. The summed E-state index contributed by atoms with van der Waals surface area (Å²) >= 11 is 0. The van der Waals surface area contributed by atoms with Gasteiger partial charge in [0.25, 0.3) is 5.89 Å². The molecule has 7 heteroatoms. The number of carbonyl (C=O) groups excluding carboxylic acids is 1. The molecule has 0 saturated carbocycles. The normalized spacial score (nSPS) is 15.2. The maximum Gasteiger partial charge on any atom is 0.252 e. The lowest BCUT2D eigenvalue weighted by Gasteiger charge is -2.32. The second-order valence-electron chi connectivity index (χ2n) is 6.72. The molecular weight excluding hydrogens is 346 g/mol. The van der Waals surface area contributed by atoms with Crippen LogP contribution in [0.5, 0.6) is 0 Å². The first-order valence-corrected chi connectivity index (χ1v) is 9.48. The molecule has 0 atom stereocenters. The summed E-state index contributed by atoms with van der Waals surface area (Å²) in [7, 11) is 1.59. The van der Waals surface area contributed by atoms with E-state index in [9.17, 15) is 4.79 Å². The van der Waals surface area contributed by atoms with E-state index in [1.807, 2.05) is 23.1 Å². The van der Waals surface area contributed by atoms with Gasteiger partial charge in [-0.1, -0.05) is 35.5 Å². The molecule has 0 unspecified atom stereocenters. The van der Waals surface area contributed by atoms with Crippen molar-refractivity contribution in [2.75, 3.05) is 26.8 Å². The molecule has 3 rings (SSSR count). The first kappa shape index (κ1) is 19.5. The largest absolute Gasteiger partial charge is 0.378 e. The molecule has 0 bridgehead atoms. The van der Waals surface area contributed by atoms with Gasteiger partial charge in [0, 0.05) is 33.0 Å². The van der Waals surface area contributed by atoms with Crippen LogP contribution in [0.1, 0.15) is 36.5 Å². The number of amides is 1. The third-order valence-corrected chi connectivity index (χ3v) is 4.72. The molecule has 0 aliphatic carbocycles. The van der Waals surface area contributed by atoms with Crippen LogP contribution >= 0.6 is 0 Å². The van der Waals surface area contributed by atoms with Crippen LogP contribution in [-0.2, 0) is 33.7 Å². The van der Waals surface area contributed by atoms with Crippen molar-refractivity contribution >= 4 is 5.91 Å². The average Bonchev–Trinajstić information content (AvgIpc) is 3.15. The number of ether oxygens (including phenoxy) is 2. The Bertz CT molecular complexity index is 696. The van der Waals surface area contributed by atoms with Gasteiger partial charge >= 0.3 is 0 Å². The second-order valence-corrected chi connectivity index (χ2v) is 6.72. The highest BCUT2D eigenvalue weighted by molar-refractivity contribution is 5.76. The van der Waals surface area contributed by atoms with E-state index >= 15 is 0 Å². The van der Waals surface area contributed by atoms with E-state index in [0.717, 1.165) is 32.4 Å². The zero-order valence-electron chi connectivity index (χ0n) is 15.8. The monoisotopic (exact) mass is 373 g/mol. The fourth-order valence-electron chi connectivity index (χ4n) is 3.22. The van der Waals surface area contributed by atoms with Crippen molar-refractivity contribution in [3.05, 3.63) is 47.6 Å². The predicted molar refractivity (Wildman–Crippen MR) is 99.0 cm³/mol. The summed E-state index contributed by atoms with van der Waals surface area (Å²) in [5.74, 6) is 1.35. The van der Waals surface area contributed by atoms with Crippen LogP contribution in [0.25, 0.3) is 0 Å². The minimum Gasteiger partial charge on any atom is -0.378 e. The molecule has 1 amide bonds. The second kappa shape index (κ2) is 10.2. The highest BCUT2D eigenvalue weighted by Gasteiger charge is 2.23. The number of aromatic nitrogens is 2. The topological polar surface area (TPSA) is 77.7 Å². The van der Waals surface area contributed by atoms with Crippen molar-refractivity contribution in [1.82, 2.24) is 15.0 Å². The van der Waals surface area contributed by atoms with Gasteiger partial charge in [0.1, 0.15) is 6.61 Å². The van der Waals surface area contributed by atoms with E-state index in [-0.39, 0.29) is 12.0 Å². The van der Waals surface area contributed by atoms with Gasteiger partial charge in [0.2, 0.25) is 5.91 Å². The number of nitrogens with zero attached hydrogens (tertiary/aromatic N) is 3. The molecule has 0 spiro atoms. The smallest absolute Gasteiger partial charge is 0.252 e. The third kappa shape index (κ3) is 6.15. The van der Waals surface area contributed by atoms with Crippen LogP contribution in [0, 0.1) is 0 Å². The van der Waals surface area contributed by atoms with Gasteiger partial charge in [-0.25, -0.2) is 0 Å². The highest BCUT2D eigenvalue weighted by Crippen LogP contribution is 2.16. The van der Waals surface area contributed by atoms with E-state index in [2.05, 4.69) is 22.3 Å². The lowest BCUT2D eigenvalue weighted by molar-refractivity contribution is -0.133.